The summed E-state index contributed by atoms with van der Waals surface area (Å²) in [6.07, 6.45) is -1.70. The van der Waals surface area contributed by atoms with Crippen molar-refractivity contribution in [3.63, 3.8) is 0 Å². The quantitative estimate of drug-likeness (QED) is 0.768. The van der Waals surface area contributed by atoms with Crippen LogP contribution in [0.2, 0.25) is 0 Å². The van der Waals surface area contributed by atoms with Crippen LogP contribution in [0, 0.1) is 11.3 Å². The zero-order valence-corrected chi connectivity index (χ0v) is 14.3. The molecule has 2 aromatic carbocycles. The molecular weight excluding hydrogens is 341 g/mol. The number of nitrogens with zero attached hydrogens (tertiary/aromatic N) is 1. The molecule has 0 atom stereocenters. The molecule has 0 heterocycles. The normalized spacial score (nSPS) is 12.0. The summed E-state index contributed by atoms with van der Waals surface area (Å²) >= 11 is 0. The van der Waals surface area contributed by atoms with E-state index in [0.29, 0.717) is 11.3 Å². The number of rotatable bonds is 4. The third-order valence-corrected chi connectivity index (χ3v) is 3.82. The first kappa shape index (κ1) is 19.3. The Morgan fingerprint density at radius 2 is 1.54 bits per heavy atom. The van der Waals surface area contributed by atoms with Gasteiger partial charge in [0.15, 0.2) is 0 Å². The Bertz CT molecular complexity index is 843. The highest BCUT2D eigenvalue weighted by molar-refractivity contribution is 6.01. The molecule has 0 aliphatic rings. The number of hydrogen-bond acceptors (Lipinski definition) is 2. The van der Waals surface area contributed by atoms with Crippen LogP contribution in [0.1, 0.15) is 30.5 Å². The van der Waals surface area contributed by atoms with Gasteiger partial charge < -0.3 is 5.32 Å². The van der Waals surface area contributed by atoms with E-state index in [1.54, 1.807) is 38.1 Å². The maximum absolute atomic E-state index is 12.5. The molecule has 0 unspecified atom stereocenters. The van der Waals surface area contributed by atoms with Crippen LogP contribution in [-0.4, -0.2) is 5.91 Å². The summed E-state index contributed by atoms with van der Waals surface area (Å²) in [6.45, 7) is 3.60. The summed E-state index contributed by atoms with van der Waals surface area (Å²) in [5.41, 5.74) is 0.520. The van der Waals surface area contributed by atoms with Crippen LogP contribution in [0.3, 0.4) is 0 Å². The molecule has 0 spiro atoms. The number of halogens is 3. The van der Waals surface area contributed by atoms with Crippen molar-refractivity contribution in [2.24, 2.45) is 0 Å². The lowest BCUT2D eigenvalue weighted by Crippen LogP contribution is -2.14. The van der Waals surface area contributed by atoms with Gasteiger partial charge >= 0.3 is 6.18 Å². The van der Waals surface area contributed by atoms with Gasteiger partial charge in [0.25, 0.3) is 0 Å². The Labute approximate surface area is 149 Å². The molecular formula is C20H17F3N2O. The average molecular weight is 358 g/mol. The summed E-state index contributed by atoms with van der Waals surface area (Å²) < 4.78 is 37.5. The smallest absolute Gasteiger partial charge is 0.323 e. The van der Waals surface area contributed by atoms with Gasteiger partial charge in [-0.25, -0.2) is 0 Å². The molecule has 0 bridgehead atoms. The molecule has 2 aromatic rings. The third kappa shape index (κ3) is 4.96. The number of amides is 1. The second-order valence-electron chi connectivity index (χ2n) is 6.26. The van der Waals surface area contributed by atoms with E-state index in [1.165, 1.54) is 24.3 Å². The maximum Gasteiger partial charge on any atom is 0.416 e. The van der Waals surface area contributed by atoms with Crippen molar-refractivity contribution in [2.75, 3.05) is 5.32 Å². The van der Waals surface area contributed by atoms with Gasteiger partial charge in [0.1, 0.15) is 0 Å². The van der Waals surface area contributed by atoms with Gasteiger partial charge in [-0.15, -0.1) is 0 Å². The van der Waals surface area contributed by atoms with E-state index >= 15 is 0 Å². The van der Waals surface area contributed by atoms with Crippen LogP contribution in [-0.2, 0) is 16.4 Å². The number of hydrogen-bond donors (Lipinski definition) is 1. The minimum Gasteiger partial charge on any atom is -0.323 e. The molecule has 0 aromatic heterocycles. The number of benzene rings is 2. The van der Waals surface area contributed by atoms with Crippen LogP contribution in [0.15, 0.2) is 54.6 Å². The molecule has 0 fully saturated rings. The second kappa shape index (κ2) is 7.44. The molecule has 2 rings (SSSR count). The first-order chi connectivity index (χ1) is 12.1. The molecule has 1 N–H and O–H groups in total. The van der Waals surface area contributed by atoms with Crippen LogP contribution in [0.4, 0.5) is 18.9 Å². The number of anilines is 1. The lowest BCUT2D eigenvalue weighted by molar-refractivity contribution is -0.137. The van der Waals surface area contributed by atoms with Crippen molar-refractivity contribution < 1.29 is 18.0 Å². The predicted octanol–water partition coefficient (Wildman–Crippen LogP) is 5.16. The fourth-order valence-corrected chi connectivity index (χ4v) is 2.17. The monoisotopic (exact) mass is 358 g/mol. The Kier molecular flexibility index (Phi) is 5.51. The summed E-state index contributed by atoms with van der Waals surface area (Å²) in [5.74, 6) is -0.405. The van der Waals surface area contributed by atoms with Gasteiger partial charge in [0.05, 0.1) is 17.0 Å². The van der Waals surface area contributed by atoms with Crippen LogP contribution < -0.4 is 5.32 Å². The molecule has 3 nitrogen and oxygen atoms in total. The van der Waals surface area contributed by atoms with E-state index in [9.17, 15) is 18.0 Å². The molecule has 0 aliphatic heterocycles. The van der Waals surface area contributed by atoms with E-state index in [2.05, 4.69) is 11.4 Å². The van der Waals surface area contributed by atoms with Gasteiger partial charge in [-0.2, -0.15) is 18.4 Å². The van der Waals surface area contributed by atoms with E-state index in [-0.39, 0.29) is 0 Å². The fraction of sp³-hybridized carbons (Fsp3) is 0.200. The van der Waals surface area contributed by atoms with Gasteiger partial charge in [0.2, 0.25) is 5.91 Å². The number of carbonyl (C=O) groups excluding carboxylic acids is 1. The van der Waals surface area contributed by atoms with Crippen molar-refractivity contribution in [1.82, 2.24) is 0 Å². The molecule has 0 radical (unpaired) electrons. The number of nitrogens with one attached hydrogen (secondary N) is 1. The van der Waals surface area contributed by atoms with Gasteiger partial charge in [-0.05, 0) is 55.3 Å². The lowest BCUT2D eigenvalue weighted by Gasteiger charge is -2.15. The summed E-state index contributed by atoms with van der Waals surface area (Å²) in [6, 6.07) is 13.6. The molecule has 1 amide bonds. The SMILES string of the molecule is CC(C)(C#N)c1ccc(NC(=O)/C=C/c2ccc(C(F)(F)F)cc2)cc1. The topological polar surface area (TPSA) is 52.9 Å². The van der Waals surface area contributed by atoms with Crippen LogP contribution >= 0.6 is 0 Å². The molecule has 6 heteroatoms. The maximum atomic E-state index is 12.5. The molecule has 0 saturated heterocycles. The summed E-state index contributed by atoms with van der Waals surface area (Å²) in [5, 5.41) is 11.8. The molecule has 26 heavy (non-hydrogen) atoms. The minimum absolute atomic E-state index is 0.405. The van der Waals surface area contributed by atoms with Gasteiger partial charge in [0, 0.05) is 11.8 Å². The fourth-order valence-electron chi connectivity index (χ4n) is 2.17. The van der Waals surface area contributed by atoms with E-state index in [0.717, 1.165) is 17.7 Å². The highest BCUT2D eigenvalue weighted by Crippen LogP contribution is 2.29. The predicted molar refractivity (Wildman–Crippen MR) is 94.2 cm³/mol. The Morgan fingerprint density at radius 1 is 1.00 bits per heavy atom. The summed E-state index contributed by atoms with van der Waals surface area (Å²) in [4.78, 5) is 11.9. The highest BCUT2D eigenvalue weighted by atomic mass is 19.4. The van der Waals surface area contributed by atoms with Gasteiger partial charge in [-0.3, -0.25) is 4.79 Å². The first-order valence-corrected chi connectivity index (χ1v) is 7.80. The number of carbonyl (C=O) groups is 1. The number of alkyl halides is 3. The van der Waals surface area contributed by atoms with Crippen molar-refractivity contribution in [3.05, 3.63) is 71.3 Å². The van der Waals surface area contributed by atoms with Crippen molar-refractivity contribution in [3.8, 4) is 6.07 Å². The minimum atomic E-state index is -4.38. The second-order valence-corrected chi connectivity index (χ2v) is 6.26. The Hall–Kier alpha value is -3.07. The third-order valence-electron chi connectivity index (χ3n) is 3.82. The standard InChI is InChI=1S/C20H17F3N2O/c1-19(2,13-24)15-8-10-17(11-9-15)25-18(26)12-5-14-3-6-16(7-4-14)20(21,22)23/h3-12H,1-2H3,(H,25,26)/b12-5+. The zero-order valence-electron chi connectivity index (χ0n) is 14.3. The van der Waals surface area contributed by atoms with Crippen LogP contribution in [0.25, 0.3) is 6.08 Å². The summed E-state index contributed by atoms with van der Waals surface area (Å²) in [7, 11) is 0. The van der Waals surface area contributed by atoms with E-state index in [1.807, 2.05) is 0 Å². The van der Waals surface area contributed by atoms with E-state index < -0.39 is 23.1 Å². The van der Waals surface area contributed by atoms with Crippen molar-refractivity contribution in [1.29, 1.82) is 5.26 Å². The zero-order chi connectivity index (χ0) is 19.4. The van der Waals surface area contributed by atoms with Gasteiger partial charge in [-0.1, -0.05) is 24.3 Å². The Morgan fingerprint density at radius 3 is 2.04 bits per heavy atom. The molecule has 134 valence electrons. The average Bonchev–Trinajstić information content (AvgIpc) is 2.60. The van der Waals surface area contributed by atoms with E-state index in [4.69, 9.17) is 5.26 Å². The largest absolute Gasteiger partial charge is 0.416 e. The highest BCUT2D eigenvalue weighted by Gasteiger charge is 2.29. The molecule has 0 saturated carbocycles. The molecule has 0 aliphatic carbocycles. The number of nitriles is 1. The van der Waals surface area contributed by atoms with Crippen molar-refractivity contribution >= 4 is 17.7 Å². The van der Waals surface area contributed by atoms with Crippen LogP contribution in [0.5, 0.6) is 0 Å². The first-order valence-electron chi connectivity index (χ1n) is 7.80. The van der Waals surface area contributed by atoms with Crippen molar-refractivity contribution in [2.45, 2.75) is 25.4 Å². The Balaban J connectivity index is 2.00. The lowest BCUT2D eigenvalue weighted by atomic mass is 9.86.